The van der Waals surface area contributed by atoms with E-state index in [1.165, 1.54) is 11.1 Å². The normalized spacial score (nSPS) is 19.6. The van der Waals surface area contributed by atoms with Crippen molar-refractivity contribution >= 4 is 5.91 Å². The number of carbonyl (C=O) groups excluding carboxylic acids is 1. The third kappa shape index (κ3) is 2.91. The van der Waals surface area contributed by atoms with Crippen LogP contribution in [0.2, 0.25) is 0 Å². The smallest absolute Gasteiger partial charge is 0.239 e. The molecule has 1 aliphatic rings. The van der Waals surface area contributed by atoms with E-state index in [-0.39, 0.29) is 11.9 Å². The number of hydrogen-bond donors (Lipinski definition) is 1. The Morgan fingerprint density at radius 1 is 1.39 bits per heavy atom. The van der Waals surface area contributed by atoms with Crippen molar-refractivity contribution in [2.24, 2.45) is 0 Å². The summed E-state index contributed by atoms with van der Waals surface area (Å²) < 4.78 is 0. The average molecular weight is 246 g/mol. The molecular weight excluding hydrogens is 224 g/mol. The highest BCUT2D eigenvalue weighted by atomic mass is 16.2. The van der Waals surface area contributed by atoms with Crippen LogP contribution in [0.5, 0.6) is 0 Å². The van der Waals surface area contributed by atoms with Gasteiger partial charge in [0.1, 0.15) is 0 Å². The Balaban J connectivity index is 1.88. The largest absolute Gasteiger partial charge is 0.341 e. The van der Waals surface area contributed by atoms with Gasteiger partial charge in [-0.2, -0.15) is 0 Å². The summed E-state index contributed by atoms with van der Waals surface area (Å²) in [6.45, 7) is 6.77. The van der Waals surface area contributed by atoms with Crippen molar-refractivity contribution in [3.8, 4) is 0 Å². The minimum Gasteiger partial charge on any atom is -0.341 e. The molecule has 0 aliphatic carbocycles. The molecule has 1 aromatic carbocycles. The van der Waals surface area contributed by atoms with Gasteiger partial charge in [-0.05, 0) is 37.4 Å². The summed E-state index contributed by atoms with van der Waals surface area (Å²) >= 11 is 0. The summed E-state index contributed by atoms with van der Waals surface area (Å²) in [5, 5.41) is 3.24. The van der Waals surface area contributed by atoms with Gasteiger partial charge in [0, 0.05) is 13.1 Å². The van der Waals surface area contributed by atoms with Crippen molar-refractivity contribution in [3.05, 3.63) is 35.4 Å². The molecule has 0 aromatic heterocycles. The highest BCUT2D eigenvalue weighted by molar-refractivity contribution is 5.83. The van der Waals surface area contributed by atoms with Gasteiger partial charge in [-0.3, -0.25) is 4.79 Å². The first-order valence-electron chi connectivity index (χ1n) is 6.79. The first kappa shape index (κ1) is 13.1. The molecule has 0 spiro atoms. The van der Waals surface area contributed by atoms with Crippen molar-refractivity contribution in [1.29, 1.82) is 0 Å². The van der Waals surface area contributed by atoms with Crippen molar-refractivity contribution in [2.75, 3.05) is 19.6 Å². The lowest BCUT2D eigenvalue weighted by Gasteiger charge is -2.17. The highest BCUT2D eigenvalue weighted by Crippen LogP contribution is 2.14. The SMILES string of the molecule is CCNC1CCN(CCc2ccccc2C)C1=O. The van der Waals surface area contributed by atoms with Crippen molar-refractivity contribution in [1.82, 2.24) is 10.2 Å². The number of nitrogens with zero attached hydrogens (tertiary/aromatic N) is 1. The molecule has 1 aliphatic heterocycles. The second kappa shape index (κ2) is 6.01. The second-order valence-corrected chi connectivity index (χ2v) is 4.90. The van der Waals surface area contributed by atoms with Gasteiger partial charge in [0.05, 0.1) is 6.04 Å². The highest BCUT2D eigenvalue weighted by Gasteiger charge is 2.30. The van der Waals surface area contributed by atoms with E-state index in [1.54, 1.807) is 0 Å². The third-order valence-electron chi connectivity index (χ3n) is 3.66. The molecule has 1 aromatic rings. The molecule has 1 N–H and O–H groups in total. The molecule has 1 atom stereocenters. The molecule has 0 saturated carbocycles. The number of likely N-dealkylation sites (N-methyl/N-ethyl adjacent to an activating group) is 1. The van der Waals surface area contributed by atoms with E-state index < -0.39 is 0 Å². The van der Waals surface area contributed by atoms with Crippen LogP contribution in [0, 0.1) is 6.92 Å². The Bertz CT molecular complexity index is 417. The van der Waals surface area contributed by atoms with Crippen LogP contribution in [0.15, 0.2) is 24.3 Å². The van der Waals surface area contributed by atoms with Crippen LogP contribution in [0.25, 0.3) is 0 Å². The quantitative estimate of drug-likeness (QED) is 0.858. The standard InChI is InChI=1S/C15H22N2O/c1-3-16-14-9-11-17(15(14)18)10-8-13-7-5-4-6-12(13)2/h4-7,14,16H,3,8-11H2,1-2H3. The second-order valence-electron chi connectivity index (χ2n) is 4.90. The lowest BCUT2D eigenvalue weighted by Crippen LogP contribution is -2.38. The van der Waals surface area contributed by atoms with E-state index in [0.29, 0.717) is 0 Å². The lowest BCUT2D eigenvalue weighted by molar-refractivity contribution is -0.129. The van der Waals surface area contributed by atoms with E-state index in [0.717, 1.165) is 32.5 Å². The summed E-state index contributed by atoms with van der Waals surface area (Å²) in [4.78, 5) is 14.1. The van der Waals surface area contributed by atoms with Crippen LogP contribution >= 0.6 is 0 Å². The third-order valence-corrected chi connectivity index (χ3v) is 3.66. The molecule has 0 bridgehead atoms. The minimum atomic E-state index is 0.0480. The van der Waals surface area contributed by atoms with Gasteiger partial charge in [0.25, 0.3) is 0 Å². The van der Waals surface area contributed by atoms with Gasteiger partial charge >= 0.3 is 0 Å². The zero-order valence-electron chi connectivity index (χ0n) is 11.3. The van der Waals surface area contributed by atoms with E-state index in [2.05, 4.69) is 36.5 Å². The van der Waals surface area contributed by atoms with Gasteiger partial charge in [0.15, 0.2) is 0 Å². The number of carbonyl (C=O) groups is 1. The molecular formula is C15H22N2O. The van der Waals surface area contributed by atoms with E-state index in [9.17, 15) is 4.79 Å². The maximum atomic E-state index is 12.1. The molecule has 98 valence electrons. The van der Waals surface area contributed by atoms with Crippen LogP contribution in [0.4, 0.5) is 0 Å². The van der Waals surface area contributed by atoms with Crippen LogP contribution in [-0.2, 0) is 11.2 Å². The number of nitrogens with one attached hydrogen (secondary N) is 1. The predicted octanol–water partition coefficient (Wildman–Crippen LogP) is 1.75. The van der Waals surface area contributed by atoms with Crippen molar-refractivity contribution < 1.29 is 4.79 Å². The first-order chi connectivity index (χ1) is 8.72. The Morgan fingerprint density at radius 3 is 2.89 bits per heavy atom. The van der Waals surface area contributed by atoms with Crippen LogP contribution in [0.1, 0.15) is 24.5 Å². The summed E-state index contributed by atoms with van der Waals surface area (Å²) in [6, 6.07) is 8.45. The zero-order chi connectivity index (χ0) is 13.0. The molecule has 0 radical (unpaired) electrons. The number of hydrogen-bond acceptors (Lipinski definition) is 2. The Labute approximate surface area is 109 Å². The molecule has 1 fully saturated rings. The monoisotopic (exact) mass is 246 g/mol. The molecule has 18 heavy (non-hydrogen) atoms. The van der Waals surface area contributed by atoms with Crippen molar-refractivity contribution in [3.63, 3.8) is 0 Å². The molecule has 1 heterocycles. The van der Waals surface area contributed by atoms with Gasteiger partial charge in [-0.1, -0.05) is 31.2 Å². The molecule has 3 nitrogen and oxygen atoms in total. The summed E-state index contributed by atoms with van der Waals surface area (Å²) in [5.74, 6) is 0.269. The van der Waals surface area contributed by atoms with E-state index in [4.69, 9.17) is 0 Å². The maximum Gasteiger partial charge on any atom is 0.239 e. The van der Waals surface area contributed by atoms with Gasteiger partial charge in [0.2, 0.25) is 5.91 Å². The molecule has 1 amide bonds. The summed E-state index contributed by atoms with van der Waals surface area (Å²) in [7, 11) is 0. The van der Waals surface area contributed by atoms with E-state index >= 15 is 0 Å². The van der Waals surface area contributed by atoms with Gasteiger partial charge in [-0.25, -0.2) is 0 Å². The molecule has 1 saturated heterocycles. The fourth-order valence-corrected chi connectivity index (χ4v) is 2.54. The van der Waals surface area contributed by atoms with Gasteiger partial charge < -0.3 is 10.2 Å². The van der Waals surface area contributed by atoms with Crippen molar-refractivity contribution in [2.45, 2.75) is 32.7 Å². The van der Waals surface area contributed by atoms with Crippen LogP contribution in [0.3, 0.4) is 0 Å². The zero-order valence-corrected chi connectivity index (χ0v) is 11.3. The number of benzene rings is 1. The predicted molar refractivity (Wildman–Crippen MR) is 73.5 cm³/mol. The van der Waals surface area contributed by atoms with Gasteiger partial charge in [-0.15, -0.1) is 0 Å². The number of amides is 1. The molecule has 2 rings (SSSR count). The number of rotatable bonds is 5. The Morgan fingerprint density at radius 2 is 2.17 bits per heavy atom. The van der Waals surface area contributed by atoms with E-state index in [1.807, 2.05) is 11.8 Å². The first-order valence-corrected chi connectivity index (χ1v) is 6.79. The lowest BCUT2D eigenvalue weighted by atomic mass is 10.1. The number of likely N-dealkylation sites (tertiary alicyclic amines) is 1. The Hall–Kier alpha value is -1.35. The fraction of sp³-hybridized carbons (Fsp3) is 0.533. The topological polar surface area (TPSA) is 32.3 Å². The summed E-state index contributed by atoms with van der Waals surface area (Å²) in [6.07, 6.45) is 1.90. The fourth-order valence-electron chi connectivity index (χ4n) is 2.54. The minimum absolute atomic E-state index is 0.0480. The van der Waals surface area contributed by atoms with Crippen LogP contribution < -0.4 is 5.32 Å². The molecule has 1 unspecified atom stereocenters. The molecule has 3 heteroatoms. The summed E-state index contributed by atoms with van der Waals surface area (Å²) in [5.41, 5.74) is 2.66. The maximum absolute atomic E-state index is 12.1. The average Bonchev–Trinajstić information content (AvgIpc) is 2.71. The van der Waals surface area contributed by atoms with Crippen LogP contribution in [-0.4, -0.2) is 36.5 Å². The number of aryl methyl sites for hydroxylation is 1. The Kier molecular flexibility index (Phi) is 4.37.